The van der Waals surface area contributed by atoms with Gasteiger partial charge in [-0.2, -0.15) is 4.98 Å². The van der Waals surface area contributed by atoms with Gasteiger partial charge in [-0.3, -0.25) is 4.79 Å². The van der Waals surface area contributed by atoms with Crippen molar-refractivity contribution < 1.29 is 19.0 Å². The Morgan fingerprint density at radius 1 is 0.912 bits per heavy atom. The summed E-state index contributed by atoms with van der Waals surface area (Å²) >= 11 is 0. The molecule has 0 saturated carbocycles. The summed E-state index contributed by atoms with van der Waals surface area (Å²) in [6, 6.07) is 12.9. The Morgan fingerprint density at radius 2 is 1.56 bits per heavy atom. The molecule has 2 aromatic heterocycles. The van der Waals surface area contributed by atoms with Gasteiger partial charge in [-0.15, -0.1) is 5.10 Å². The molecule has 0 aliphatic heterocycles. The molecule has 2 heterocycles. The maximum atomic E-state index is 13.8. The Hall–Kier alpha value is -4.14. The SMILES string of the molecule is COc1cc(C(=O)N(Cc2nc3nc(C)cc(C)n3n2)c2ccc(C)cc2)cc(OC)c1OC. The molecule has 0 radical (unpaired) electrons. The highest BCUT2D eigenvalue weighted by atomic mass is 16.5. The molecule has 0 fully saturated rings. The van der Waals surface area contributed by atoms with E-state index in [0.717, 1.165) is 17.0 Å². The van der Waals surface area contributed by atoms with Crippen molar-refractivity contribution in [3.05, 3.63) is 70.8 Å². The zero-order valence-electron chi connectivity index (χ0n) is 20.1. The van der Waals surface area contributed by atoms with Crippen LogP contribution >= 0.6 is 0 Å². The van der Waals surface area contributed by atoms with Gasteiger partial charge in [0.2, 0.25) is 5.75 Å². The standard InChI is InChI=1S/C25H27N5O4/c1-15-7-9-19(10-8-15)29(14-22-27-25-26-16(2)11-17(3)30(25)28-22)24(31)18-12-20(32-4)23(34-6)21(13-18)33-5/h7-13H,14H2,1-6H3. The lowest BCUT2D eigenvalue weighted by atomic mass is 10.1. The molecule has 0 saturated heterocycles. The van der Waals surface area contributed by atoms with E-state index >= 15 is 0 Å². The molecule has 0 aliphatic rings. The number of carbonyl (C=O) groups is 1. The Kier molecular flexibility index (Phi) is 6.36. The Labute approximate surface area is 197 Å². The largest absolute Gasteiger partial charge is 0.493 e. The van der Waals surface area contributed by atoms with Gasteiger partial charge in [0.1, 0.15) is 0 Å². The first kappa shape index (κ1) is 23.0. The lowest BCUT2D eigenvalue weighted by molar-refractivity contribution is 0.0983. The average molecular weight is 462 g/mol. The molecular formula is C25H27N5O4. The fraction of sp³-hybridized carbons (Fsp3) is 0.280. The van der Waals surface area contributed by atoms with Crippen molar-refractivity contribution in [1.29, 1.82) is 0 Å². The summed E-state index contributed by atoms with van der Waals surface area (Å²) in [4.78, 5) is 24.4. The van der Waals surface area contributed by atoms with Crippen LogP contribution in [0.2, 0.25) is 0 Å². The lowest BCUT2D eigenvalue weighted by Crippen LogP contribution is -2.31. The molecule has 0 spiro atoms. The molecule has 1 amide bonds. The first-order valence-electron chi connectivity index (χ1n) is 10.7. The molecule has 0 bridgehead atoms. The fourth-order valence-electron chi connectivity index (χ4n) is 3.78. The number of methoxy groups -OCH3 is 3. The van der Waals surface area contributed by atoms with Gasteiger partial charge in [-0.1, -0.05) is 17.7 Å². The summed E-state index contributed by atoms with van der Waals surface area (Å²) in [6.45, 7) is 6.00. The molecule has 0 N–H and O–H groups in total. The van der Waals surface area contributed by atoms with E-state index in [1.807, 2.05) is 51.1 Å². The van der Waals surface area contributed by atoms with Gasteiger partial charge < -0.3 is 19.1 Å². The summed E-state index contributed by atoms with van der Waals surface area (Å²) in [6.07, 6.45) is 0. The average Bonchev–Trinajstić information content (AvgIpc) is 3.24. The summed E-state index contributed by atoms with van der Waals surface area (Å²) < 4.78 is 18.0. The molecule has 176 valence electrons. The van der Waals surface area contributed by atoms with Crippen LogP contribution in [0.1, 0.15) is 33.1 Å². The minimum atomic E-state index is -0.261. The van der Waals surface area contributed by atoms with E-state index in [1.54, 1.807) is 21.5 Å². The molecule has 0 aliphatic carbocycles. The maximum absolute atomic E-state index is 13.8. The second-order valence-electron chi connectivity index (χ2n) is 7.92. The van der Waals surface area contributed by atoms with Gasteiger partial charge in [0.05, 0.1) is 27.9 Å². The minimum Gasteiger partial charge on any atom is -0.493 e. The molecule has 34 heavy (non-hydrogen) atoms. The lowest BCUT2D eigenvalue weighted by Gasteiger charge is -2.23. The van der Waals surface area contributed by atoms with Crippen LogP contribution in [-0.4, -0.2) is 46.8 Å². The van der Waals surface area contributed by atoms with Gasteiger partial charge in [0, 0.05) is 22.6 Å². The molecule has 9 heteroatoms. The van der Waals surface area contributed by atoms with Gasteiger partial charge in [-0.25, -0.2) is 9.50 Å². The Bertz CT molecular complexity index is 1320. The van der Waals surface area contributed by atoms with E-state index in [9.17, 15) is 4.79 Å². The van der Waals surface area contributed by atoms with E-state index in [0.29, 0.717) is 40.1 Å². The summed E-state index contributed by atoms with van der Waals surface area (Å²) in [5.74, 6) is 1.93. The second kappa shape index (κ2) is 9.38. The third kappa shape index (κ3) is 4.36. The summed E-state index contributed by atoms with van der Waals surface area (Å²) in [5, 5.41) is 4.59. The predicted molar refractivity (Wildman–Crippen MR) is 128 cm³/mol. The van der Waals surface area contributed by atoms with Gasteiger partial charge in [-0.05, 0) is 51.1 Å². The predicted octanol–water partition coefficient (Wildman–Crippen LogP) is 3.92. The molecule has 0 unspecified atom stereocenters. The van der Waals surface area contributed by atoms with Crippen LogP contribution in [0, 0.1) is 20.8 Å². The number of benzene rings is 2. The molecule has 4 aromatic rings. The van der Waals surface area contributed by atoms with Crippen molar-refractivity contribution in [3.63, 3.8) is 0 Å². The van der Waals surface area contributed by atoms with E-state index < -0.39 is 0 Å². The van der Waals surface area contributed by atoms with Gasteiger partial charge in [0.15, 0.2) is 17.3 Å². The first-order valence-corrected chi connectivity index (χ1v) is 10.7. The van der Waals surface area contributed by atoms with Gasteiger partial charge >= 0.3 is 0 Å². The quantitative estimate of drug-likeness (QED) is 0.412. The van der Waals surface area contributed by atoms with Crippen molar-refractivity contribution in [2.24, 2.45) is 0 Å². The van der Waals surface area contributed by atoms with Crippen molar-refractivity contribution >= 4 is 17.4 Å². The number of ether oxygens (including phenoxy) is 3. The highest BCUT2D eigenvalue weighted by Gasteiger charge is 2.24. The number of aryl methyl sites for hydroxylation is 3. The van der Waals surface area contributed by atoms with Crippen LogP contribution < -0.4 is 19.1 Å². The molecule has 2 aromatic carbocycles. The van der Waals surface area contributed by atoms with Crippen LogP contribution in [0.15, 0.2) is 42.5 Å². The monoisotopic (exact) mass is 461 g/mol. The number of hydrogen-bond acceptors (Lipinski definition) is 7. The number of aromatic nitrogens is 4. The van der Waals surface area contributed by atoms with Crippen molar-refractivity contribution in [2.75, 3.05) is 26.2 Å². The second-order valence-corrected chi connectivity index (χ2v) is 7.92. The highest BCUT2D eigenvalue weighted by molar-refractivity contribution is 6.06. The van der Waals surface area contributed by atoms with Crippen LogP contribution in [-0.2, 0) is 6.54 Å². The number of anilines is 1. The topological polar surface area (TPSA) is 91.1 Å². The van der Waals surface area contributed by atoms with Crippen LogP contribution in [0.3, 0.4) is 0 Å². The number of hydrogen-bond donors (Lipinski definition) is 0. The first-order chi connectivity index (χ1) is 16.3. The number of rotatable bonds is 7. The number of carbonyl (C=O) groups excluding carboxylic acids is 1. The molecular weight excluding hydrogens is 434 g/mol. The fourth-order valence-corrected chi connectivity index (χ4v) is 3.78. The van der Waals surface area contributed by atoms with Crippen LogP contribution in [0.5, 0.6) is 17.2 Å². The molecule has 4 rings (SSSR count). The van der Waals surface area contributed by atoms with Crippen molar-refractivity contribution in [2.45, 2.75) is 27.3 Å². The van der Waals surface area contributed by atoms with E-state index in [2.05, 4.69) is 15.1 Å². The molecule has 0 atom stereocenters. The van der Waals surface area contributed by atoms with E-state index in [1.165, 1.54) is 21.3 Å². The number of nitrogens with zero attached hydrogens (tertiary/aromatic N) is 5. The number of fused-ring (bicyclic) bond motifs is 1. The van der Waals surface area contributed by atoms with Gasteiger partial charge in [0.25, 0.3) is 11.7 Å². The third-order valence-corrected chi connectivity index (χ3v) is 5.46. The normalized spacial score (nSPS) is 10.9. The maximum Gasteiger partial charge on any atom is 0.258 e. The highest BCUT2D eigenvalue weighted by Crippen LogP contribution is 2.38. The van der Waals surface area contributed by atoms with E-state index in [4.69, 9.17) is 14.2 Å². The zero-order valence-corrected chi connectivity index (χ0v) is 20.1. The van der Waals surface area contributed by atoms with Crippen molar-refractivity contribution in [1.82, 2.24) is 19.6 Å². The van der Waals surface area contributed by atoms with Crippen LogP contribution in [0.4, 0.5) is 5.69 Å². The number of amides is 1. The Morgan fingerprint density at radius 3 is 2.15 bits per heavy atom. The van der Waals surface area contributed by atoms with Crippen LogP contribution in [0.25, 0.3) is 5.78 Å². The third-order valence-electron chi connectivity index (χ3n) is 5.46. The molecule has 9 nitrogen and oxygen atoms in total. The van der Waals surface area contributed by atoms with E-state index in [-0.39, 0.29) is 12.5 Å². The van der Waals surface area contributed by atoms with Crippen molar-refractivity contribution in [3.8, 4) is 17.2 Å². The smallest absolute Gasteiger partial charge is 0.258 e. The Balaban J connectivity index is 1.79. The zero-order chi connectivity index (χ0) is 24.4. The summed E-state index contributed by atoms with van der Waals surface area (Å²) in [5.41, 5.74) is 3.95. The minimum absolute atomic E-state index is 0.153. The summed E-state index contributed by atoms with van der Waals surface area (Å²) in [7, 11) is 4.55.